The Bertz CT molecular complexity index is 463. The van der Waals surface area contributed by atoms with Crippen LogP contribution in [-0.4, -0.2) is 70.3 Å². The Morgan fingerprint density at radius 1 is 1.43 bits per heavy atom. The van der Waals surface area contributed by atoms with Gasteiger partial charge in [-0.15, -0.1) is 0 Å². The van der Waals surface area contributed by atoms with E-state index in [1.165, 1.54) is 0 Å². The standard InChI is InChI=1S/C15H26N3O3/c1-14(2,3)21-13(20)17-7-6-15(11-17)10-16-18(15)8-4-12(19)5-9-18/h10,12,19H,4-9,11H2,1-3H3/q+1. The number of nitrogens with zero attached hydrogens (tertiary/aromatic N) is 3. The Hall–Kier alpha value is -1.14. The van der Waals surface area contributed by atoms with Gasteiger partial charge in [-0.3, -0.25) is 0 Å². The minimum atomic E-state index is -0.456. The van der Waals surface area contributed by atoms with Crippen LogP contribution in [0.25, 0.3) is 0 Å². The third-order valence-electron chi connectivity index (χ3n) is 4.94. The number of likely N-dealkylation sites (tertiary alicyclic amines) is 1. The molecule has 0 aromatic carbocycles. The molecule has 2 spiro atoms. The quantitative estimate of drug-likeness (QED) is 0.686. The zero-order valence-corrected chi connectivity index (χ0v) is 13.2. The number of amides is 1. The molecule has 0 radical (unpaired) electrons. The molecule has 3 aliphatic heterocycles. The van der Waals surface area contributed by atoms with Crippen molar-refractivity contribution in [3.8, 4) is 0 Å². The molecule has 1 unspecified atom stereocenters. The van der Waals surface area contributed by atoms with E-state index in [-0.39, 0.29) is 17.7 Å². The van der Waals surface area contributed by atoms with Gasteiger partial charge in [-0.2, -0.15) is 4.59 Å². The minimum Gasteiger partial charge on any atom is -0.444 e. The summed E-state index contributed by atoms with van der Waals surface area (Å²) >= 11 is 0. The maximum Gasteiger partial charge on any atom is 0.410 e. The minimum absolute atomic E-state index is 0.0446. The zero-order valence-electron chi connectivity index (χ0n) is 13.2. The summed E-state index contributed by atoms with van der Waals surface area (Å²) in [4.78, 5) is 14.0. The highest BCUT2D eigenvalue weighted by Crippen LogP contribution is 2.43. The van der Waals surface area contributed by atoms with Crippen molar-refractivity contribution in [3.05, 3.63) is 0 Å². The highest BCUT2D eigenvalue weighted by molar-refractivity contribution is 5.76. The van der Waals surface area contributed by atoms with Crippen molar-refractivity contribution in [1.82, 2.24) is 4.90 Å². The molecule has 3 aliphatic rings. The maximum absolute atomic E-state index is 12.2. The molecule has 0 aromatic heterocycles. The fourth-order valence-corrected chi connectivity index (χ4v) is 3.67. The van der Waals surface area contributed by atoms with E-state index in [0.29, 0.717) is 11.1 Å². The summed E-state index contributed by atoms with van der Waals surface area (Å²) in [5, 5.41) is 14.3. The molecular formula is C15H26N3O3+. The number of piperidine rings is 1. The van der Waals surface area contributed by atoms with Crippen molar-refractivity contribution >= 4 is 12.3 Å². The third-order valence-corrected chi connectivity index (χ3v) is 4.94. The number of ether oxygens (including phenoxy) is 1. The summed E-state index contributed by atoms with van der Waals surface area (Å²) in [5.41, 5.74) is -0.501. The molecule has 0 bridgehead atoms. The smallest absolute Gasteiger partial charge is 0.410 e. The van der Waals surface area contributed by atoms with E-state index in [1.807, 2.05) is 31.9 Å². The van der Waals surface area contributed by atoms with Gasteiger partial charge in [-0.05, 0) is 20.8 Å². The Labute approximate surface area is 125 Å². The fourth-order valence-electron chi connectivity index (χ4n) is 3.67. The maximum atomic E-state index is 12.2. The van der Waals surface area contributed by atoms with E-state index in [0.717, 1.165) is 38.9 Å². The molecule has 0 aliphatic carbocycles. The molecule has 6 nitrogen and oxygen atoms in total. The van der Waals surface area contributed by atoms with Gasteiger partial charge in [0.1, 0.15) is 24.9 Å². The van der Waals surface area contributed by atoms with Crippen LogP contribution >= 0.6 is 0 Å². The van der Waals surface area contributed by atoms with Crippen LogP contribution in [0.3, 0.4) is 0 Å². The average molecular weight is 296 g/mol. The van der Waals surface area contributed by atoms with Crippen molar-refractivity contribution in [2.24, 2.45) is 5.10 Å². The second-order valence-corrected chi connectivity index (χ2v) is 7.60. The molecule has 0 aromatic rings. The normalized spacial score (nSPS) is 38.9. The average Bonchev–Trinajstić information content (AvgIpc) is 2.84. The van der Waals surface area contributed by atoms with E-state index < -0.39 is 5.60 Å². The number of rotatable bonds is 0. The van der Waals surface area contributed by atoms with Gasteiger partial charge in [0.05, 0.1) is 12.6 Å². The second kappa shape index (κ2) is 4.68. The van der Waals surface area contributed by atoms with Crippen LogP contribution in [-0.2, 0) is 4.74 Å². The molecular weight excluding hydrogens is 270 g/mol. The first-order valence-corrected chi connectivity index (χ1v) is 7.85. The van der Waals surface area contributed by atoms with Gasteiger partial charge < -0.3 is 14.7 Å². The number of carbonyl (C=O) groups is 1. The van der Waals surface area contributed by atoms with Crippen LogP contribution in [0.4, 0.5) is 4.79 Å². The monoisotopic (exact) mass is 296 g/mol. The Morgan fingerprint density at radius 3 is 2.62 bits per heavy atom. The van der Waals surface area contributed by atoms with Crippen LogP contribution < -0.4 is 0 Å². The fraction of sp³-hybridized carbons (Fsp3) is 0.867. The predicted octanol–water partition coefficient (Wildman–Crippen LogP) is 1.34. The number of fused-ring (bicyclic) bond motifs is 1. The van der Waals surface area contributed by atoms with E-state index in [4.69, 9.17) is 4.74 Å². The number of quaternary nitrogens is 1. The molecule has 1 amide bonds. The van der Waals surface area contributed by atoms with Crippen LogP contribution in [0, 0.1) is 0 Å². The van der Waals surface area contributed by atoms with Crippen molar-refractivity contribution < 1.29 is 19.2 Å². The lowest BCUT2D eigenvalue weighted by Gasteiger charge is -2.52. The van der Waals surface area contributed by atoms with Crippen LogP contribution in [0.5, 0.6) is 0 Å². The highest BCUT2D eigenvalue weighted by Gasteiger charge is 2.62. The van der Waals surface area contributed by atoms with Crippen LogP contribution in [0.2, 0.25) is 0 Å². The van der Waals surface area contributed by atoms with Gasteiger partial charge in [0.25, 0.3) is 0 Å². The van der Waals surface area contributed by atoms with Crippen LogP contribution in [0.1, 0.15) is 40.0 Å². The van der Waals surface area contributed by atoms with Gasteiger partial charge in [0, 0.05) is 25.8 Å². The summed E-state index contributed by atoms with van der Waals surface area (Å²) in [6.07, 6.45) is 4.14. The van der Waals surface area contributed by atoms with Gasteiger partial charge in [-0.25, -0.2) is 4.79 Å². The molecule has 118 valence electrons. The summed E-state index contributed by atoms with van der Waals surface area (Å²) in [6, 6.07) is 0. The lowest BCUT2D eigenvalue weighted by molar-refractivity contribution is -0.990. The van der Waals surface area contributed by atoms with E-state index in [9.17, 15) is 9.90 Å². The number of hydrogen-bond acceptors (Lipinski definition) is 4. The summed E-state index contributed by atoms with van der Waals surface area (Å²) < 4.78 is 6.17. The largest absolute Gasteiger partial charge is 0.444 e. The molecule has 2 saturated heterocycles. The topological polar surface area (TPSA) is 62.1 Å². The van der Waals surface area contributed by atoms with Crippen molar-refractivity contribution in [2.45, 2.75) is 57.3 Å². The molecule has 21 heavy (non-hydrogen) atoms. The van der Waals surface area contributed by atoms with Crippen LogP contribution in [0.15, 0.2) is 5.10 Å². The predicted molar refractivity (Wildman–Crippen MR) is 78.9 cm³/mol. The Morgan fingerprint density at radius 2 is 2.10 bits per heavy atom. The highest BCUT2D eigenvalue weighted by atomic mass is 16.6. The van der Waals surface area contributed by atoms with Crippen molar-refractivity contribution in [2.75, 3.05) is 26.2 Å². The lowest BCUT2D eigenvalue weighted by atomic mass is 9.89. The van der Waals surface area contributed by atoms with E-state index in [1.54, 1.807) is 0 Å². The molecule has 1 atom stereocenters. The molecule has 3 heterocycles. The number of hydrogen-bond donors (Lipinski definition) is 1. The zero-order chi connectivity index (χ0) is 15.3. The Kier molecular flexibility index (Phi) is 3.29. The van der Waals surface area contributed by atoms with Gasteiger partial charge in [-0.1, -0.05) is 5.10 Å². The first-order valence-electron chi connectivity index (χ1n) is 7.85. The number of carbonyl (C=O) groups excluding carboxylic acids is 1. The summed E-state index contributed by atoms with van der Waals surface area (Å²) in [5.74, 6) is 0. The number of aliphatic hydroxyl groups excluding tert-OH is 1. The Balaban J connectivity index is 1.67. The summed E-state index contributed by atoms with van der Waals surface area (Å²) in [6.45, 7) is 8.83. The first-order chi connectivity index (χ1) is 9.75. The third kappa shape index (κ3) is 2.44. The molecule has 1 N–H and O–H groups in total. The lowest BCUT2D eigenvalue weighted by Crippen LogP contribution is -2.72. The molecule has 0 saturated carbocycles. The van der Waals surface area contributed by atoms with E-state index in [2.05, 4.69) is 5.10 Å². The second-order valence-electron chi connectivity index (χ2n) is 7.60. The van der Waals surface area contributed by atoms with Crippen molar-refractivity contribution in [1.29, 1.82) is 0 Å². The van der Waals surface area contributed by atoms with Gasteiger partial charge in [0.2, 0.25) is 0 Å². The van der Waals surface area contributed by atoms with E-state index >= 15 is 0 Å². The van der Waals surface area contributed by atoms with Gasteiger partial charge in [0.15, 0.2) is 5.54 Å². The van der Waals surface area contributed by atoms with Gasteiger partial charge >= 0.3 is 6.09 Å². The molecule has 3 rings (SSSR count). The SMILES string of the molecule is CC(C)(C)OC(=O)N1CCC2(C=N[N+]23CCC(O)CC3)C1. The van der Waals surface area contributed by atoms with Crippen molar-refractivity contribution in [3.63, 3.8) is 0 Å². The first kappa shape index (κ1) is 14.8. The molecule has 2 fully saturated rings. The summed E-state index contributed by atoms with van der Waals surface area (Å²) in [7, 11) is 0. The molecule has 6 heteroatoms. The number of aliphatic hydroxyl groups is 1.